The van der Waals surface area contributed by atoms with Crippen molar-refractivity contribution in [2.45, 2.75) is 6.92 Å². The van der Waals surface area contributed by atoms with Gasteiger partial charge in [-0.2, -0.15) is 0 Å². The highest BCUT2D eigenvalue weighted by Gasteiger charge is 1.87. The number of amides is 1. The fourth-order valence-electron chi connectivity index (χ4n) is 0.278. The van der Waals surface area contributed by atoms with Crippen LogP contribution in [0.2, 0.25) is 0 Å². The molecule has 0 aromatic carbocycles. The lowest BCUT2D eigenvalue weighted by molar-refractivity contribution is -0.132. The second-order valence-corrected chi connectivity index (χ2v) is 1.50. The van der Waals surface area contributed by atoms with E-state index in [-0.39, 0.29) is 5.91 Å². The van der Waals surface area contributed by atoms with Crippen LogP contribution in [0.3, 0.4) is 0 Å². The Morgan fingerprint density at radius 2 is 2.22 bits per heavy atom. The molecular formula is C5H11NO3. The average Bonchev–Trinajstić information content (AvgIpc) is 1.80. The van der Waals surface area contributed by atoms with Gasteiger partial charge in [-0.3, -0.25) is 9.63 Å². The Kier molecular flexibility index (Phi) is 5.15. The first-order chi connectivity index (χ1) is 4.27. The van der Waals surface area contributed by atoms with Crippen molar-refractivity contribution in [3.63, 3.8) is 0 Å². The van der Waals surface area contributed by atoms with Crippen LogP contribution in [-0.2, 0) is 14.4 Å². The molecule has 0 rings (SSSR count). The van der Waals surface area contributed by atoms with Crippen LogP contribution in [0.25, 0.3) is 0 Å². The summed E-state index contributed by atoms with van der Waals surface area (Å²) < 4.78 is 4.65. The first-order valence-corrected chi connectivity index (χ1v) is 2.64. The van der Waals surface area contributed by atoms with E-state index >= 15 is 0 Å². The quantitative estimate of drug-likeness (QED) is 0.423. The number of ether oxygens (including phenoxy) is 1. The van der Waals surface area contributed by atoms with E-state index in [1.165, 1.54) is 6.92 Å². The lowest BCUT2D eigenvalue weighted by atomic mass is 10.8. The Bertz CT molecular complexity index is 84.3. The molecule has 1 amide bonds. The van der Waals surface area contributed by atoms with E-state index in [1.54, 1.807) is 7.11 Å². The Hall–Kier alpha value is -0.610. The predicted octanol–water partition coefficient (Wildman–Crippen LogP) is -0.300. The van der Waals surface area contributed by atoms with Gasteiger partial charge in [0.1, 0.15) is 0 Å². The van der Waals surface area contributed by atoms with Gasteiger partial charge in [0.05, 0.1) is 13.2 Å². The van der Waals surface area contributed by atoms with Crippen LogP contribution < -0.4 is 5.48 Å². The highest BCUT2D eigenvalue weighted by molar-refractivity contribution is 5.71. The summed E-state index contributed by atoms with van der Waals surface area (Å²) in [5.41, 5.74) is 2.16. The molecule has 1 N–H and O–H groups in total. The summed E-state index contributed by atoms with van der Waals surface area (Å²) in [5.74, 6) is -0.203. The van der Waals surface area contributed by atoms with E-state index < -0.39 is 0 Å². The molecule has 0 spiro atoms. The van der Waals surface area contributed by atoms with Gasteiger partial charge >= 0.3 is 0 Å². The van der Waals surface area contributed by atoms with Crippen molar-refractivity contribution in [1.82, 2.24) is 5.48 Å². The average molecular weight is 133 g/mol. The van der Waals surface area contributed by atoms with Crippen LogP contribution in [0, 0.1) is 0 Å². The lowest BCUT2D eigenvalue weighted by Crippen LogP contribution is -2.22. The van der Waals surface area contributed by atoms with Crippen LogP contribution in [0.5, 0.6) is 0 Å². The van der Waals surface area contributed by atoms with Crippen molar-refractivity contribution < 1.29 is 14.4 Å². The minimum atomic E-state index is -0.203. The van der Waals surface area contributed by atoms with Gasteiger partial charge in [0.25, 0.3) is 0 Å². The van der Waals surface area contributed by atoms with Gasteiger partial charge in [0, 0.05) is 14.0 Å². The topological polar surface area (TPSA) is 47.6 Å². The Morgan fingerprint density at radius 3 is 2.67 bits per heavy atom. The van der Waals surface area contributed by atoms with Crippen LogP contribution in [0.1, 0.15) is 6.92 Å². The van der Waals surface area contributed by atoms with E-state index in [2.05, 4.69) is 15.1 Å². The van der Waals surface area contributed by atoms with Gasteiger partial charge in [-0.25, -0.2) is 5.48 Å². The van der Waals surface area contributed by atoms with Gasteiger partial charge < -0.3 is 4.74 Å². The van der Waals surface area contributed by atoms with Crippen molar-refractivity contribution in [1.29, 1.82) is 0 Å². The molecule has 0 radical (unpaired) electrons. The van der Waals surface area contributed by atoms with E-state index in [0.29, 0.717) is 13.2 Å². The van der Waals surface area contributed by atoms with Crippen molar-refractivity contribution in [3.8, 4) is 0 Å². The van der Waals surface area contributed by atoms with Crippen molar-refractivity contribution in [2.24, 2.45) is 0 Å². The van der Waals surface area contributed by atoms with E-state index in [4.69, 9.17) is 0 Å². The third-order valence-electron chi connectivity index (χ3n) is 0.605. The van der Waals surface area contributed by atoms with Crippen LogP contribution in [-0.4, -0.2) is 26.2 Å². The van der Waals surface area contributed by atoms with Crippen molar-refractivity contribution in [3.05, 3.63) is 0 Å². The summed E-state index contributed by atoms with van der Waals surface area (Å²) >= 11 is 0. The molecule has 0 aromatic rings. The molecule has 0 atom stereocenters. The summed E-state index contributed by atoms with van der Waals surface area (Å²) in [7, 11) is 1.57. The van der Waals surface area contributed by atoms with E-state index in [9.17, 15) is 4.79 Å². The molecule has 0 saturated carbocycles. The zero-order valence-electron chi connectivity index (χ0n) is 5.64. The number of methoxy groups -OCH3 is 1. The highest BCUT2D eigenvalue weighted by Crippen LogP contribution is 1.69. The highest BCUT2D eigenvalue weighted by atomic mass is 16.7. The monoisotopic (exact) mass is 133 g/mol. The fraction of sp³-hybridized carbons (Fsp3) is 0.800. The normalized spacial score (nSPS) is 9.11. The number of hydrogen-bond donors (Lipinski definition) is 1. The molecule has 0 bridgehead atoms. The SMILES string of the molecule is COCCONC(C)=O. The maximum atomic E-state index is 10.1. The summed E-state index contributed by atoms with van der Waals surface area (Å²) in [6.07, 6.45) is 0. The lowest BCUT2D eigenvalue weighted by Gasteiger charge is -2.00. The molecular weight excluding hydrogens is 122 g/mol. The molecule has 4 nitrogen and oxygen atoms in total. The number of hydroxylamine groups is 1. The molecule has 0 fully saturated rings. The summed E-state index contributed by atoms with van der Waals surface area (Å²) in [4.78, 5) is 14.7. The number of rotatable bonds is 4. The smallest absolute Gasteiger partial charge is 0.240 e. The molecule has 0 heterocycles. The first kappa shape index (κ1) is 8.39. The van der Waals surface area contributed by atoms with E-state index in [1.807, 2.05) is 0 Å². The van der Waals surface area contributed by atoms with Gasteiger partial charge in [-0.05, 0) is 0 Å². The van der Waals surface area contributed by atoms with Crippen LogP contribution >= 0.6 is 0 Å². The van der Waals surface area contributed by atoms with Gasteiger partial charge in [-0.1, -0.05) is 0 Å². The second-order valence-electron chi connectivity index (χ2n) is 1.50. The van der Waals surface area contributed by atoms with Gasteiger partial charge in [0.15, 0.2) is 0 Å². The molecule has 9 heavy (non-hydrogen) atoms. The minimum Gasteiger partial charge on any atom is -0.382 e. The minimum absolute atomic E-state index is 0.203. The molecule has 54 valence electrons. The van der Waals surface area contributed by atoms with Crippen molar-refractivity contribution >= 4 is 5.91 Å². The Morgan fingerprint density at radius 1 is 1.56 bits per heavy atom. The Labute approximate surface area is 54.1 Å². The number of carbonyl (C=O) groups is 1. The molecule has 0 aliphatic rings. The van der Waals surface area contributed by atoms with Gasteiger partial charge in [0.2, 0.25) is 5.91 Å². The van der Waals surface area contributed by atoms with E-state index in [0.717, 1.165) is 0 Å². The first-order valence-electron chi connectivity index (χ1n) is 2.64. The third-order valence-corrected chi connectivity index (χ3v) is 0.605. The molecule has 0 saturated heterocycles. The van der Waals surface area contributed by atoms with Crippen molar-refractivity contribution in [2.75, 3.05) is 20.3 Å². The van der Waals surface area contributed by atoms with Gasteiger partial charge in [-0.15, -0.1) is 0 Å². The Balaban J connectivity index is 2.83. The number of nitrogens with one attached hydrogen (secondary N) is 1. The predicted molar refractivity (Wildman–Crippen MR) is 31.6 cm³/mol. The maximum Gasteiger partial charge on any atom is 0.240 e. The molecule has 0 aliphatic heterocycles. The third kappa shape index (κ3) is 7.39. The molecule has 4 heteroatoms. The molecule has 0 aliphatic carbocycles. The molecule has 0 unspecified atom stereocenters. The summed E-state index contributed by atoms with van der Waals surface area (Å²) in [6, 6.07) is 0. The number of carbonyl (C=O) groups excluding carboxylic acids is 1. The zero-order chi connectivity index (χ0) is 7.11. The number of hydrogen-bond acceptors (Lipinski definition) is 3. The second kappa shape index (κ2) is 5.53. The fourth-order valence-corrected chi connectivity index (χ4v) is 0.278. The summed E-state index contributed by atoms with van der Waals surface area (Å²) in [6.45, 7) is 2.25. The largest absolute Gasteiger partial charge is 0.382 e. The van der Waals surface area contributed by atoms with Crippen LogP contribution in [0.15, 0.2) is 0 Å². The standard InChI is InChI=1S/C5H11NO3/c1-5(7)6-9-4-3-8-2/h3-4H2,1-2H3,(H,6,7). The molecule has 0 aromatic heterocycles. The van der Waals surface area contributed by atoms with Crippen LogP contribution in [0.4, 0.5) is 0 Å². The maximum absolute atomic E-state index is 10.1. The zero-order valence-corrected chi connectivity index (χ0v) is 5.64. The summed E-state index contributed by atoms with van der Waals surface area (Å²) in [5, 5.41) is 0.